The molecular formula is C22H25NO6. The summed E-state index contributed by atoms with van der Waals surface area (Å²) in [4.78, 5) is 10.8. The number of nitro groups is 1. The van der Waals surface area contributed by atoms with Gasteiger partial charge in [0.1, 0.15) is 6.61 Å². The molecule has 0 aliphatic rings. The zero-order chi connectivity index (χ0) is 21.1. The highest BCUT2D eigenvalue weighted by molar-refractivity contribution is 5.54. The number of hydrogen-bond donors (Lipinski definition) is 1. The molecule has 29 heavy (non-hydrogen) atoms. The standard InChI is InChI=1S/C22H25NO6/c1-3-5-11-27-20-13-17(15-24)14-21(28-12-6-4-2)22(20)29-16-18-9-7-8-10-19(18)23(25)26/h3-4,7-10,13-14,24H,1-2,5-6,11-12,15-16H2. The summed E-state index contributed by atoms with van der Waals surface area (Å²) in [6.45, 7) is 7.84. The van der Waals surface area contributed by atoms with Crippen LogP contribution in [-0.2, 0) is 13.2 Å². The predicted molar refractivity (Wildman–Crippen MR) is 110 cm³/mol. The lowest BCUT2D eigenvalue weighted by Gasteiger charge is -2.18. The van der Waals surface area contributed by atoms with Crippen molar-refractivity contribution in [2.75, 3.05) is 13.2 Å². The topological polar surface area (TPSA) is 91.1 Å². The number of benzene rings is 2. The number of nitro benzene ring substituents is 1. The molecule has 1 N–H and O–H groups in total. The van der Waals surface area contributed by atoms with Crippen molar-refractivity contribution in [3.8, 4) is 17.2 Å². The minimum Gasteiger partial charge on any atom is -0.489 e. The van der Waals surface area contributed by atoms with Gasteiger partial charge >= 0.3 is 0 Å². The summed E-state index contributed by atoms with van der Waals surface area (Å²) in [6, 6.07) is 9.71. The van der Waals surface area contributed by atoms with Crippen molar-refractivity contribution in [3.63, 3.8) is 0 Å². The van der Waals surface area contributed by atoms with Crippen LogP contribution < -0.4 is 14.2 Å². The molecule has 0 saturated heterocycles. The third kappa shape index (κ3) is 6.36. The van der Waals surface area contributed by atoms with Crippen LogP contribution in [0.4, 0.5) is 5.69 Å². The van der Waals surface area contributed by atoms with E-state index in [9.17, 15) is 15.2 Å². The molecule has 0 atom stereocenters. The van der Waals surface area contributed by atoms with Crippen LogP contribution in [0.1, 0.15) is 24.0 Å². The van der Waals surface area contributed by atoms with Gasteiger partial charge in [-0.2, -0.15) is 0 Å². The van der Waals surface area contributed by atoms with Crippen LogP contribution in [0.5, 0.6) is 17.2 Å². The van der Waals surface area contributed by atoms with Gasteiger partial charge in [-0.05, 0) is 36.6 Å². The molecule has 0 heterocycles. The fourth-order valence-corrected chi connectivity index (χ4v) is 2.54. The van der Waals surface area contributed by atoms with Gasteiger partial charge in [0.2, 0.25) is 5.75 Å². The Morgan fingerprint density at radius 3 is 2.10 bits per heavy atom. The Balaban J connectivity index is 2.35. The third-order valence-electron chi connectivity index (χ3n) is 3.98. The maximum absolute atomic E-state index is 11.3. The summed E-state index contributed by atoms with van der Waals surface area (Å²) < 4.78 is 17.5. The lowest BCUT2D eigenvalue weighted by atomic mass is 10.1. The summed E-state index contributed by atoms with van der Waals surface area (Å²) in [5.74, 6) is 1.12. The van der Waals surface area contributed by atoms with Gasteiger partial charge in [-0.25, -0.2) is 0 Å². The first-order chi connectivity index (χ1) is 14.1. The molecule has 0 amide bonds. The second-order valence-electron chi connectivity index (χ2n) is 6.11. The van der Waals surface area contributed by atoms with Gasteiger partial charge in [0.25, 0.3) is 5.69 Å². The Labute approximate surface area is 170 Å². The van der Waals surface area contributed by atoms with Gasteiger partial charge in [0.15, 0.2) is 11.5 Å². The smallest absolute Gasteiger partial charge is 0.276 e. The van der Waals surface area contributed by atoms with E-state index in [1.54, 1.807) is 42.5 Å². The van der Waals surface area contributed by atoms with E-state index in [0.29, 0.717) is 54.4 Å². The summed E-state index contributed by atoms with van der Waals surface area (Å²) >= 11 is 0. The third-order valence-corrected chi connectivity index (χ3v) is 3.98. The molecule has 0 bridgehead atoms. The van der Waals surface area contributed by atoms with Gasteiger partial charge < -0.3 is 19.3 Å². The molecule has 154 valence electrons. The van der Waals surface area contributed by atoms with Crippen molar-refractivity contribution in [2.45, 2.75) is 26.1 Å². The Morgan fingerprint density at radius 2 is 1.59 bits per heavy atom. The van der Waals surface area contributed by atoms with Gasteiger partial charge in [-0.15, -0.1) is 13.2 Å². The molecule has 0 aliphatic heterocycles. The van der Waals surface area contributed by atoms with Gasteiger partial charge in [-0.1, -0.05) is 24.3 Å². The van der Waals surface area contributed by atoms with Crippen molar-refractivity contribution in [2.24, 2.45) is 0 Å². The Morgan fingerprint density at radius 1 is 1.00 bits per heavy atom. The van der Waals surface area contributed by atoms with E-state index in [1.165, 1.54) is 6.07 Å². The molecule has 0 aliphatic carbocycles. The van der Waals surface area contributed by atoms with Crippen LogP contribution in [-0.4, -0.2) is 23.2 Å². The van der Waals surface area contributed by atoms with Crippen LogP contribution >= 0.6 is 0 Å². The predicted octanol–water partition coefficient (Wildman–Crippen LogP) is 4.58. The molecule has 2 aromatic carbocycles. The van der Waals surface area contributed by atoms with Crippen molar-refractivity contribution in [1.82, 2.24) is 0 Å². The monoisotopic (exact) mass is 399 g/mol. The van der Waals surface area contributed by atoms with Crippen LogP contribution in [0.25, 0.3) is 0 Å². The molecule has 0 aromatic heterocycles. The quantitative estimate of drug-likeness (QED) is 0.229. The first kappa shape index (κ1) is 22.0. The average Bonchev–Trinajstić information content (AvgIpc) is 2.73. The van der Waals surface area contributed by atoms with Crippen molar-refractivity contribution >= 4 is 5.69 Å². The summed E-state index contributed by atoms with van der Waals surface area (Å²) in [7, 11) is 0. The fraction of sp³-hybridized carbons (Fsp3) is 0.273. The second kappa shape index (κ2) is 11.5. The van der Waals surface area contributed by atoms with Gasteiger partial charge in [-0.3, -0.25) is 10.1 Å². The van der Waals surface area contributed by atoms with Crippen molar-refractivity contribution in [1.29, 1.82) is 0 Å². The number of rotatable bonds is 13. The largest absolute Gasteiger partial charge is 0.489 e. The molecular weight excluding hydrogens is 374 g/mol. The van der Waals surface area contributed by atoms with Crippen LogP contribution in [0.3, 0.4) is 0 Å². The second-order valence-corrected chi connectivity index (χ2v) is 6.11. The van der Waals surface area contributed by atoms with Gasteiger partial charge in [0.05, 0.1) is 30.3 Å². The van der Waals surface area contributed by atoms with E-state index in [-0.39, 0.29) is 18.9 Å². The first-order valence-electron chi connectivity index (χ1n) is 9.21. The number of hydrogen-bond acceptors (Lipinski definition) is 6. The molecule has 0 spiro atoms. The maximum atomic E-state index is 11.3. The highest BCUT2D eigenvalue weighted by Gasteiger charge is 2.18. The summed E-state index contributed by atoms with van der Waals surface area (Å²) in [5.41, 5.74) is 1.01. The highest BCUT2D eigenvalue weighted by atomic mass is 16.6. The number of aliphatic hydroxyl groups is 1. The Hall–Kier alpha value is -3.32. The van der Waals surface area contributed by atoms with Crippen molar-refractivity contribution in [3.05, 3.63) is 82.9 Å². The highest BCUT2D eigenvalue weighted by Crippen LogP contribution is 2.40. The zero-order valence-corrected chi connectivity index (χ0v) is 16.2. The zero-order valence-electron chi connectivity index (χ0n) is 16.2. The molecule has 2 aromatic rings. The van der Waals surface area contributed by atoms with E-state index in [4.69, 9.17) is 14.2 Å². The van der Waals surface area contributed by atoms with Crippen LogP contribution in [0, 0.1) is 10.1 Å². The molecule has 7 nitrogen and oxygen atoms in total. The van der Waals surface area contributed by atoms with Crippen molar-refractivity contribution < 1.29 is 24.2 Å². The SMILES string of the molecule is C=CCCOc1cc(CO)cc(OCCC=C)c1OCc1ccccc1[N+](=O)[O-]. The van der Waals surface area contributed by atoms with Gasteiger partial charge in [0, 0.05) is 6.07 Å². The van der Waals surface area contributed by atoms with Crippen LogP contribution in [0.2, 0.25) is 0 Å². The van der Waals surface area contributed by atoms with E-state index in [1.807, 2.05) is 0 Å². The Kier molecular flexibility index (Phi) is 8.72. The first-order valence-corrected chi connectivity index (χ1v) is 9.21. The molecule has 0 radical (unpaired) electrons. The number of nitrogens with zero attached hydrogens (tertiary/aromatic N) is 1. The summed E-state index contributed by atoms with van der Waals surface area (Å²) in [6.07, 6.45) is 4.70. The average molecular weight is 399 g/mol. The van der Waals surface area contributed by atoms with E-state index in [0.717, 1.165) is 0 Å². The lowest BCUT2D eigenvalue weighted by Crippen LogP contribution is -2.06. The maximum Gasteiger partial charge on any atom is 0.276 e. The van der Waals surface area contributed by atoms with E-state index >= 15 is 0 Å². The number of aliphatic hydroxyl groups excluding tert-OH is 1. The minimum atomic E-state index is -0.448. The number of para-hydroxylation sites is 1. The normalized spacial score (nSPS) is 10.2. The van der Waals surface area contributed by atoms with E-state index < -0.39 is 4.92 Å². The molecule has 0 unspecified atom stereocenters. The molecule has 7 heteroatoms. The lowest BCUT2D eigenvalue weighted by molar-refractivity contribution is -0.385. The summed E-state index contributed by atoms with van der Waals surface area (Å²) in [5, 5.41) is 20.8. The minimum absolute atomic E-state index is 0.0253. The molecule has 0 fully saturated rings. The van der Waals surface area contributed by atoms with E-state index in [2.05, 4.69) is 13.2 Å². The number of ether oxygens (including phenoxy) is 3. The molecule has 0 saturated carbocycles. The fourth-order valence-electron chi connectivity index (χ4n) is 2.54. The Bertz CT molecular complexity index is 814. The molecule has 2 rings (SSSR count). The van der Waals surface area contributed by atoms with Crippen LogP contribution in [0.15, 0.2) is 61.7 Å².